The van der Waals surface area contributed by atoms with Crippen molar-refractivity contribution < 1.29 is 27.9 Å². The first kappa shape index (κ1) is 16.5. The fourth-order valence-corrected chi connectivity index (χ4v) is 2.14. The molecule has 1 aromatic carbocycles. The number of anilines is 1. The van der Waals surface area contributed by atoms with Crippen molar-refractivity contribution in [3.8, 4) is 0 Å². The highest BCUT2D eigenvalue weighted by atomic mass is 35.5. The smallest absolute Gasteiger partial charge is 0.323 e. The van der Waals surface area contributed by atoms with Gasteiger partial charge in [0.25, 0.3) is 11.9 Å². The topological polar surface area (TPSA) is 117 Å². The Labute approximate surface area is 126 Å². The fraction of sp³-hybridized carbons (Fsp3) is 0.100. The number of nitrogens with one attached hydrogen (secondary N) is 1. The van der Waals surface area contributed by atoms with E-state index in [-0.39, 0.29) is 10.7 Å². The molecule has 12 heteroatoms. The van der Waals surface area contributed by atoms with E-state index in [0.29, 0.717) is 4.80 Å². The minimum absolute atomic E-state index is 0.0111. The summed E-state index contributed by atoms with van der Waals surface area (Å²) in [5.74, 6) is -2.99. The number of carbonyl (C=O) groups excluding carboxylic acids is 1. The van der Waals surface area contributed by atoms with Crippen LogP contribution in [0.5, 0.6) is 0 Å². The molecule has 8 nitrogen and oxygen atoms in total. The highest BCUT2D eigenvalue weighted by Crippen LogP contribution is 2.35. The van der Waals surface area contributed by atoms with Gasteiger partial charge in [-0.25, -0.2) is 4.39 Å². The quantitative estimate of drug-likeness (QED) is 0.719. The molecule has 0 saturated carbocycles. The number of carbonyl (C=O) groups is 1. The Balaban J connectivity index is 2.21. The van der Waals surface area contributed by atoms with Crippen molar-refractivity contribution in [1.82, 2.24) is 15.0 Å². The Hall–Kier alpha value is -1.87. The summed E-state index contributed by atoms with van der Waals surface area (Å²) >= 11 is 5.70. The van der Waals surface area contributed by atoms with Gasteiger partial charge in [-0.2, -0.15) is 9.19 Å². The van der Waals surface area contributed by atoms with E-state index in [4.69, 9.17) is 21.4 Å². The molecule has 0 fully saturated rings. The number of nitrogens with zero attached hydrogens (tertiary/aromatic N) is 3. The van der Waals surface area contributed by atoms with Gasteiger partial charge >= 0.3 is 7.60 Å². The molecule has 0 aliphatic rings. The molecule has 0 saturated heterocycles. The molecule has 0 bridgehead atoms. The van der Waals surface area contributed by atoms with Gasteiger partial charge in [-0.1, -0.05) is 11.6 Å². The minimum Gasteiger partial charge on any atom is -0.323 e. The van der Waals surface area contributed by atoms with Crippen LogP contribution in [-0.2, 0) is 10.9 Å². The summed E-state index contributed by atoms with van der Waals surface area (Å²) in [5, 5.41) is 8.50. The number of amides is 1. The van der Waals surface area contributed by atoms with Gasteiger partial charge in [-0.05, 0) is 18.2 Å². The molecule has 1 aromatic heterocycles. The highest BCUT2D eigenvalue weighted by Gasteiger charge is 2.23. The maximum Gasteiger partial charge on any atom is 0.348 e. The Bertz CT molecular complexity index is 778. The van der Waals surface area contributed by atoms with Gasteiger partial charge < -0.3 is 15.1 Å². The Morgan fingerprint density at radius 2 is 2.05 bits per heavy atom. The largest absolute Gasteiger partial charge is 0.348 e. The van der Waals surface area contributed by atoms with Crippen LogP contribution in [0.15, 0.2) is 18.2 Å². The maximum atomic E-state index is 13.5. The summed E-state index contributed by atoms with van der Waals surface area (Å²) in [5.41, 5.74) is -0.772. The predicted octanol–water partition coefficient (Wildman–Crippen LogP) is 1.60. The predicted molar refractivity (Wildman–Crippen MR) is 71.4 cm³/mol. The van der Waals surface area contributed by atoms with Gasteiger partial charge in [0, 0.05) is 0 Å². The van der Waals surface area contributed by atoms with Crippen LogP contribution in [0.4, 0.5) is 14.5 Å². The number of aromatic nitrogens is 3. The summed E-state index contributed by atoms with van der Waals surface area (Å²) in [6.07, 6.45) is -0.978. The lowest BCUT2D eigenvalue weighted by molar-refractivity contribution is 0.101. The molecular formula is C10H8ClF2N4O4P. The second kappa shape index (κ2) is 6.09. The average molecular weight is 353 g/mol. The van der Waals surface area contributed by atoms with Crippen LogP contribution in [0.25, 0.3) is 0 Å². The normalized spacial score (nSPS) is 11.5. The van der Waals surface area contributed by atoms with Crippen molar-refractivity contribution in [2.75, 3.05) is 5.32 Å². The zero-order chi connectivity index (χ0) is 16.5. The summed E-state index contributed by atoms with van der Waals surface area (Å²) < 4.78 is 37.2. The molecule has 118 valence electrons. The summed E-state index contributed by atoms with van der Waals surface area (Å²) in [7, 11) is -4.53. The first-order valence-corrected chi connectivity index (χ1v) is 7.75. The van der Waals surface area contributed by atoms with E-state index >= 15 is 0 Å². The lowest BCUT2D eigenvalue weighted by atomic mass is 10.3. The first-order valence-electron chi connectivity index (χ1n) is 5.57. The fourth-order valence-electron chi connectivity index (χ4n) is 1.47. The maximum absolute atomic E-state index is 13.5. The molecular weight excluding hydrogens is 345 g/mol. The van der Waals surface area contributed by atoms with Gasteiger partial charge in [0.2, 0.25) is 5.69 Å². The number of benzene rings is 1. The average Bonchev–Trinajstić information content (AvgIpc) is 2.71. The van der Waals surface area contributed by atoms with Crippen molar-refractivity contribution in [1.29, 1.82) is 0 Å². The van der Waals surface area contributed by atoms with E-state index in [2.05, 4.69) is 15.5 Å². The summed E-state index contributed by atoms with van der Waals surface area (Å²) in [6, 6.07) is 3.13. The van der Waals surface area contributed by atoms with Gasteiger partial charge in [-0.15, -0.1) is 10.2 Å². The van der Waals surface area contributed by atoms with E-state index in [0.717, 1.165) is 18.2 Å². The monoisotopic (exact) mass is 352 g/mol. The van der Waals surface area contributed by atoms with E-state index in [9.17, 15) is 18.1 Å². The van der Waals surface area contributed by atoms with Crippen LogP contribution in [0.2, 0.25) is 5.02 Å². The van der Waals surface area contributed by atoms with Crippen LogP contribution in [0.1, 0.15) is 10.5 Å². The van der Waals surface area contributed by atoms with Crippen molar-refractivity contribution in [3.05, 3.63) is 40.7 Å². The molecule has 0 atom stereocenters. The van der Waals surface area contributed by atoms with E-state index in [1.165, 1.54) is 0 Å². The van der Waals surface area contributed by atoms with Crippen LogP contribution in [0.3, 0.4) is 0 Å². The van der Waals surface area contributed by atoms with Gasteiger partial charge in [-0.3, -0.25) is 9.36 Å². The van der Waals surface area contributed by atoms with Gasteiger partial charge in [0.1, 0.15) is 5.82 Å². The van der Waals surface area contributed by atoms with Gasteiger partial charge in [0.15, 0.2) is 6.29 Å². The van der Waals surface area contributed by atoms with Gasteiger partial charge in [0.05, 0.1) is 10.7 Å². The lowest BCUT2D eigenvalue weighted by Gasteiger charge is -2.05. The van der Waals surface area contributed by atoms with E-state index in [1.54, 1.807) is 0 Å². The van der Waals surface area contributed by atoms with Crippen molar-refractivity contribution >= 4 is 30.8 Å². The molecule has 0 aliphatic carbocycles. The summed E-state index contributed by atoms with van der Waals surface area (Å²) in [4.78, 5) is 29.7. The Kier molecular flexibility index (Phi) is 4.57. The third kappa shape index (κ3) is 4.08. The standard InChI is InChI=1S/C10H8ClF2N4O4P/c11-6-3-5(12)1-2-7(6)14-10(18)8-9(13)16-17(15-8)4-22(19,20)21/h1-3H,4H2,(H,14,18)(H2,19,20,21). The van der Waals surface area contributed by atoms with Crippen LogP contribution in [-0.4, -0.2) is 30.7 Å². The molecule has 22 heavy (non-hydrogen) atoms. The third-order valence-corrected chi connectivity index (χ3v) is 3.25. The van der Waals surface area contributed by atoms with Crippen molar-refractivity contribution in [2.24, 2.45) is 0 Å². The number of halogens is 3. The highest BCUT2D eigenvalue weighted by molar-refractivity contribution is 7.50. The molecule has 1 amide bonds. The Morgan fingerprint density at radius 3 is 2.64 bits per heavy atom. The first-order chi connectivity index (χ1) is 10.2. The van der Waals surface area contributed by atoms with E-state index in [1.807, 2.05) is 0 Å². The van der Waals surface area contributed by atoms with Crippen molar-refractivity contribution in [2.45, 2.75) is 6.29 Å². The second-order valence-electron chi connectivity index (χ2n) is 4.10. The molecule has 0 spiro atoms. The third-order valence-electron chi connectivity index (χ3n) is 2.32. The number of hydrogen-bond donors (Lipinski definition) is 3. The van der Waals surface area contributed by atoms with Crippen LogP contribution >= 0.6 is 19.2 Å². The molecule has 1 heterocycles. The zero-order valence-corrected chi connectivity index (χ0v) is 12.2. The lowest BCUT2D eigenvalue weighted by Crippen LogP contribution is -2.15. The number of hydrogen-bond acceptors (Lipinski definition) is 4. The van der Waals surface area contributed by atoms with Crippen molar-refractivity contribution in [3.63, 3.8) is 0 Å². The van der Waals surface area contributed by atoms with Crippen LogP contribution < -0.4 is 5.32 Å². The van der Waals surface area contributed by atoms with E-state index < -0.39 is 37.2 Å². The molecule has 2 rings (SSSR count). The Morgan fingerprint density at radius 1 is 1.36 bits per heavy atom. The SMILES string of the molecule is O=C(Nc1ccc(F)cc1Cl)c1nn(CP(=O)(O)O)nc1F. The zero-order valence-electron chi connectivity index (χ0n) is 10.6. The minimum atomic E-state index is -4.53. The van der Waals surface area contributed by atoms with Crippen LogP contribution in [0, 0.1) is 11.8 Å². The molecule has 0 radical (unpaired) electrons. The second-order valence-corrected chi connectivity index (χ2v) is 6.12. The molecule has 3 N–H and O–H groups in total. The summed E-state index contributed by atoms with van der Waals surface area (Å²) in [6.45, 7) is 0. The molecule has 0 unspecified atom stereocenters. The molecule has 2 aromatic rings. The molecule has 0 aliphatic heterocycles. The number of rotatable bonds is 4.